The van der Waals surface area contributed by atoms with Gasteiger partial charge >= 0.3 is 0 Å². The monoisotopic (exact) mass is 607 g/mol. The molecule has 3 rings (SSSR count). The summed E-state index contributed by atoms with van der Waals surface area (Å²) < 4.78 is 28.1. The van der Waals surface area contributed by atoms with Gasteiger partial charge in [-0.25, -0.2) is 0 Å². The summed E-state index contributed by atoms with van der Waals surface area (Å²) in [4.78, 5) is -0.678. The highest BCUT2D eigenvalue weighted by Gasteiger charge is 2.57. The molecule has 3 fully saturated rings. The van der Waals surface area contributed by atoms with E-state index in [-0.39, 0.29) is 0 Å². The quantitative estimate of drug-likeness (QED) is 0.114. The molecule has 0 aromatic carbocycles. The van der Waals surface area contributed by atoms with Crippen molar-refractivity contribution in [3.05, 3.63) is 0 Å². The summed E-state index contributed by atoms with van der Waals surface area (Å²) in [6, 6.07) is -3.96. The Morgan fingerprint density at radius 2 is 1.27 bits per heavy atom. The van der Waals surface area contributed by atoms with Gasteiger partial charge in [0.2, 0.25) is 0 Å². The zero-order valence-corrected chi connectivity index (χ0v) is 21.6. The lowest BCUT2D eigenvalue weighted by Crippen LogP contribution is -2.73. The SMILES string of the molecule is CC(Br)[C@]1(CO)O[C@H](OC2[C@@H](CO)O[C@@H](OC3[C@@H](CO)O[C@@H](O)[C@H](N)[C@H]3O)[C@H](N)[C@H]2O)[C@H](N)[C@@H](O)[C@@H]1O. The minimum absolute atomic E-state index is 0.658. The molecular weight excluding hydrogens is 570 g/mol. The summed E-state index contributed by atoms with van der Waals surface area (Å²) in [5.74, 6) is 0. The van der Waals surface area contributed by atoms with E-state index in [4.69, 9.17) is 40.9 Å². The number of rotatable bonds is 8. The molecular formula is C20H38BrN3O13. The molecule has 0 spiro atoms. The van der Waals surface area contributed by atoms with Crippen LogP contribution in [0.25, 0.3) is 0 Å². The van der Waals surface area contributed by atoms with Gasteiger partial charge in [-0.15, -0.1) is 0 Å². The molecule has 0 amide bonds. The highest BCUT2D eigenvalue weighted by atomic mass is 79.9. The largest absolute Gasteiger partial charge is 0.394 e. The lowest BCUT2D eigenvalue weighted by atomic mass is 9.84. The van der Waals surface area contributed by atoms with Crippen LogP contribution >= 0.6 is 15.9 Å². The Morgan fingerprint density at radius 1 is 0.784 bits per heavy atom. The maximum absolute atomic E-state index is 11.0. The average molecular weight is 608 g/mol. The first-order chi connectivity index (χ1) is 17.3. The van der Waals surface area contributed by atoms with Gasteiger partial charge in [0.15, 0.2) is 18.9 Å². The molecule has 17 heteroatoms. The average Bonchev–Trinajstić information content (AvgIpc) is 2.88. The van der Waals surface area contributed by atoms with Crippen molar-refractivity contribution in [2.75, 3.05) is 19.8 Å². The van der Waals surface area contributed by atoms with Crippen LogP contribution in [0.5, 0.6) is 0 Å². The van der Waals surface area contributed by atoms with Crippen molar-refractivity contribution < 1.29 is 64.5 Å². The van der Waals surface area contributed by atoms with Crippen LogP contribution in [0.15, 0.2) is 0 Å². The van der Waals surface area contributed by atoms with Gasteiger partial charge in [-0.05, 0) is 6.92 Å². The molecule has 3 aliphatic rings. The van der Waals surface area contributed by atoms with Crippen LogP contribution in [0.4, 0.5) is 0 Å². The van der Waals surface area contributed by atoms with Gasteiger partial charge in [0.05, 0.1) is 37.9 Å². The number of hydrogen-bond donors (Lipinski definition) is 11. The summed E-state index contributed by atoms with van der Waals surface area (Å²) >= 11 is 3.24. The van der Waals surface area contributed by atoms with Crippen molar-refractivity contribution in [1.82, 2.24) is 0 Å². The molecule has 3 unspecified atom stereocenters. The van der Waals surface area contributed by atoms with E-state index >= 15 is 0 Å². The standard InChI is InChI=1S/C20H38BrN3O13/c1-5(21)20(4-27)16(31)13(30)10(24)19(37-20)36-15-7(3-26)34-18(9(23)12(15)29)35-14-6(2-25)33-17(32)8(22)11(14)28/h5-19,25-32H,2-4,22-24H2,1H3/t5?,6-,7-,8-,9-,10-,11-,12-,13-,14?,15?,16+,17-,18+,19+,20+/m1/s1. The minimum atomic E-state index is -1.72. The third-order valence-electron chi connectivity index (χ3n) is 7.19. The second kappa shape index (κ2) is 12.6. The Balaban J connectivity index is 1.77. The van der Waals surface area contributed by atoms with Crippen LogP contribution in [-0.4, -0.2) is 157 Å². The Kier molecular flexibility index (Phi) is 10.7. The first-order valence-corrected chi connectivity index (χ1v) is 12.7. The molecule has 0 aromatic rings. The topological polar surface area (TPSA) is 286 Å². The molecule has 3 aliphatic heterocycles. The summed E-state index contributed by atoms with van der Waals surface area (Å²) in [7, 11) is 0. The van der Waals surface area contributed by atoms with Crippen molar-refractivity contribution in [2.24, 2.45) is 17.2 Å². The fourth-order valence-corrected chi connectivity index (χ4v) is 5.21. The van der Waals surface area contributed by atoms with Crippen molar-refractivity contribution in [2.45, 2.75) is 103 Å². The van der Waals surface area contributed by atoms with E-state index in [9.17, 15) is 40.9 Å². The molecule has 0 bridgehead atoms. The highest BCUT2D eigenvalue weighted by Crippen LogP contribution is 2.37. The van der Waals surface area contributed by atoms with E-state index in [1.807, 2.05) is 0 Å². The third kappa shape index (κ3) is 5.84. The van der Waals surface area contributed by atoms with E-state index in [2.05, 4.69) is 15.9 Å². The minimum Gasteiger partial charge on any atom is -0.394 e. The van der Waals surface area contributed by atoms with Crippen LogP contribution < -0.4 is 17.2 Å². The number of nitrogens with two attached hydrogens (primary N) is 3. The van der Waals surface area contributed by atoms with Gasteiger partial charge in [-0.3, -0.25) is 0 Å². The molecule has 37 heavy (non-hydrogen) atoms. The summed E-state index contributed by atoms with van der Waals surface area (Å²) in [6.07, 6.45) is -16.0. The molecule has 0 aromatic heterocycles. The van der Waals surface area contributed by atoms with Crippen LogP contribution in [-0.2, 0) is 23.7 Å². The zero-order valence-electron chi connectivity index (χ0n) is 20.0. The number of alkyl halides is 1. The van der Waals surface area contributed by atoms with Crippen molar-refractivity contribution in [1.29, 1.82) is 0 Å². The number of aliphatic hydroxyl groups excluding tert-OH is 8. The van der Waals surface area contributed by atoms with Gasteiger partial charge in [0.25, 0.3) is 0 Å². The van der Waals surface area contributed by atoms with Gasteiger partial charge in [0.1, 0.15) is 54.4 Å². The Hall–Kier alpha value is -0.160. The van der Waals surface area contributed by atoms with Crippen LogP contribution in [0, 0.1) is 0 Å². The van der Waals surface area contributed by atoms with Crippen molar-refractivity contribution >= 4 is 15.9 Å². The molecule has 3 saturated heterocycles. The molecule has 0 saturated carbocycles. The normalized spacial score (nSPS) is 52.1. The maximum atomic E-state index is 11.0. The van der Waals surface area contributed by atoms with Crippen molar-refractivity contribution in [3.63, 3.8) is 0 Å². The van der Waals surface area contributed by atoms with Crippen LogP contribution in [0.2, 0.25) is 0 Å². The van der Waals surface area contributed by atoms with E-state index in [1.165, 1.54) is 0 Å². The first kappa shape index (κ1) is 31.4. The summed E-state index contributed by atoms with van der Waals surface area (Å²) in [5, 5.41) is 81.7. The lowest BCUT2D eigenvalue weighted by Gasteiger charge is -2.52. The Labute approximate surface area is 220 Å². The number of aliphatic hydroxyl groups is 8. The van der Waals surface area contributed by atoms with E-state index < -0.39 is 116 Å². The Bertz CT molecular complexity index is 742. The number of hydrogen-bond acceptors (Lipinski definition) is 16. The predicted molar refractivity (Wildman–Crippen MR) is 124 cm³/mol. The molecule has 0 radical (unpaired) electrons. The molecule has 218 valence electrons. The molecule has 3 heterocycles. The number of ether oxygens (including phenoxy) is 5. The molecule has 0 aliphatic carbocycles. The molecule has 16 atom stereocenters. The third-order valence-corrected chi connectivity index (χ3v) is 7.97. The number of halogens is 1. The van der Waals surface area contributed by atoms with Gasteiger partial charge < -0.3 is 81.7 Å². The van der Waals surface area contributed by atoms with Gasteiger partial charge in [0, 0.05) is 4.83 Å². The van der Waals surface area contributed by atoms with Gasteiger partial charge in [-0.2, -0.15) is 0 Å². The predicted octanol–water partition coefficient (Wildman–Crippen LogP) is -6.52. The van der Waals surface area contributed by atoms with Crippen LogP contribution in [0.3, 0.4) is 0 Å². The van der Waals surface area contributed by atoms with Crippen molar-refractivity contribution in [3.8, 4) is 0 Å². The zero-order chi connectivity index (χ0) is 27.8. The second-order valence-corrected chi connectivity index (χ2v) is 10.9. The summed E-state index contributed by atoms with van der Waals surface area (Å²) in [6.45, 7) is -0.524. The molecule has 16 nitrogen and oxygen atoms in total. The lowest BCUT2D eigenvalue weighted by molar-refractivity contribution is -0.359. The second-order valence-electron chi connectivity index (χ2n) is 9.54. The molecule has 14 N–H and O–H groups in total. The fourth-order valence-electron chi connectivity index (χ4n) is 4.69. The van der Waals surface area contributed by atoms with Crippen LogP contribution in [0.1, 0.15) is 6.92 Å². The van der Waals surface area contributed by atoms with E-state index in [0.717, 1.165) is 0 Å². The fraction of sp³-hybridized carbons (Fsp3) is 1.00. The maximum Gasteiger partial charge on any atom is 0.176 e. The smallest absolute Gasteiger partial charge is 0.176 e. The first-order valence-electron chi connectivity index (χ1n) is 11.8. The summed E-state index contributed by atoms with van der Waals surface area (Å²) in [5.41, 5.74) is 16.1. The van der Waals surface area contributed by atoms with E-state index in [0.29, 0.717) is 0 Å². The van der Waals surface area contributed by atoms with E-state index in [1.54, 1.807) is 6.92 Å². The van der Waals surface area contributed by atoms with Gasteiger partial charge in [-0.1, -0.05) is 15.9 Å². The Morgan fingerprint density at radius 3 is 1.78 bits per heavy atom. The highest BCUT2D eigenvalue weighted by molar-refractivity contribution is 9.09.